The first-order valence-electron chi connectivity index (χ1n) is 29.2. The third-order valence-electron chi connectivity index (χ3n) is 15.2. The Morgan fingerprint density at radius 3 is 1.69 bits per heavy atom. The molecule has 0 saturated carbocycles. The number of alkyl carbamates (subject to hydrolysis) is 1. The summed E-state index contributed by atoms with van der Waals surface area (Å²) in [5, 5.41) is 11.3. The number of aliphatic imine (C=N–C) groups is 1. The first kappa shape index (κ1) is 60.6. The molecule has 1 saturated heterocycles. The summed E-state index contributed by atoms with van der Waals surface area (Å²) >= 11 is 4.01. The maximum absolute atomic E-state index is 15.6. The second kappa shape index (κ2) is 26.5. The van der Waals surface area contributed by atoms with Crippen molar-refractivity contribution in [3.63, 3.8) is 0 Å². The lowest BCUT2D eigenvalue weighted by Gasteiger charge is -2.52. The highest BCUT2D eigenvalue weighted by Crippen LogP contribution is 2.48. The number of allylic oxidation sites excluding steroid dienone is 1. The molecule has 7 aromatic carbocycles. The molecule has 454 valence electrons. The predicted octanol–water partition coefficient (Wildman–Crippen LogP) is 13.1. The van der Waals surface area contributed by atoms with E-state index in [-0.39, 0.29) is 23.0 Å². The van der Waals surface area contributed by atoms with E-state index in [0.29, 0.717) is 38.4 Å². The number of hydrazine groups is 2. The number of ether oxygens (including phenoxy) is 3. The number of amides is 4. The number of rotatable bonds is 19. The molecule has 2 atom stereocenters. The third kappa shape index (κ3) is 12.9. The van der Waals surface area contributed by atoms with Gasteiger partial charge in [-0.05, 0) is 78.3 Å². The van der Waals surface area contributed by atoms with Crippen LogP contribution in [0, 0.1) is 0 Å². The maximum Gasteiger partial charge on any atom is 0.431 e. The minimum Gasteiger partial charge on any atom is -0.448 e. The van der Waals surface area contributed by atoms with E-state index in [1.54, 1.807) is 37.4 Å². The first-order valence-corrected chi connectivity index (χ1v) is 32.1. The van der Waals surface area contributed by atoms with E-state index in [4.69, 9.17) is 24.2 Å². The average molecular weight is 1250 g/mol. The van der Waals surface area contributed by atoms with Crippen molar-refractivity contribution in [1.29, 1.82) is 0 Å². The van der Waals surface area contributed by atoms with Crippen molar-refractivity contribution in [3.8, 4) is 0 Å². The normalized spacial score (nSPS) is 16.3. The van der Waals surface area contributed by atoms with Crippen LogP contribution in [0.3, 0.4) is 0 Å². The molecule has 0 bridgehead atoms. The zero-order valence-electron chi connectivity index (χ0n) is 49.5. The Bertz CT molecular complexity index is 3870. The SMILES string of the molecule is CC1=NC2=CN(C(=O)OC(c3ccccc3)c3ccccc3)NN2C(SCC2=C(C(=O)OC(c3ccccc3)c3ccccc3)N3C(=O)[C@@H](N(C(=O)CNC(=O)OC(C)(C)C)c4csc(NC(c5ccccc5)(c5ccccc5)c5ccccc5)n4)[C@H]3SC2)=C1. The van der Waals surface area contributed by atoms with Crippen molar-refractivity contribution >= 4 is 81.5 Å². The van der Waals surface area contributed by atoms with E-state index in [9.17, 15) is 9.59 Å². The van der Waals surface area contributed by atoms with E-state index in [1.807, 2.05) is 225 Å². The number of fused-ring (bicyclic) bond motifs is 2. The van der Waals surface area contributed by atoms with Crippen LogP contribution in [-0.4, -0.2) is 90.7 Å². The molecule has 12 rings (SSSR count). The lowest BCUT2D eigenvalue weighted by molar-refractivity contribution is -0.153. The average Bonchev–Trinajstić information content (AvgIpc) is 1.44. The number of esters is 1. The van der Waals surface area contributed by atoms with E-state index in [0.717, 1.165) is 27.8 Å². The van der Waals surface area contributed by atoms with Crippen LogP contribution in [0.1, 0.15) is 78.8 Å². The molecular weight excluding hydrogens is 1190 g/mol. The Kier molecular flexibility index (Phi) is 17.9. The fourth-order valence-corrected chi connectivity index (χ4v) is 14.5. The molecule has 1 aromatic heterocycles. The van der Waals surface area contributed by atoms with Crippen LogP contribution < -0.4 is 21.1 Å². The Labute approximate surface area is 534 Å². The van der Waals surface area contributed by atoms with Crippen LogP contribution in [0.5, 0.6) is 0 Å². The Morgan fingerprint density at radius 1 is 0.700 bits per heavy atom. The van der Waals surface area contributed by atoms with Crippen LogP contribution >= 0.6 is 34.9 Å². The highest BCUT2D eigenvalue weighted by molar-refractivity contribution is 8.03. The number of carbonyl (C=O) groups excluding carboxylic acids is 5. The van der Waals surface area contributed by atoms with Crippen molar-refractivity contribution in [2.45, 2.75) is 62.5 Å². The number of hydrogen-bond acceptors (Lipinski definition) is 16. The summed E-state index contributed by atoms with van der Waals surface area (Å²) in [5.41, 5.74) is 8.35. The molecule has 3 N–H and O–H groups in total. The van der Waals surface area contributed by atoms with E-state index in [2.05, 4.69) is 16.2 Å². The van der Waals surface area contributed by atoms with Crippen molar-refractivity contribution in [2.75, 3.05) is 28.3 Å². The highest BCUT2D eigenvalue weighted by Gasteiger charge is 2.58. The standard InChI is InChI=1S/C70H63N9O8S3/c1-46-40-58(79-55(72-46)42-76(75-79)68(84)86-62(49-30-16-7-17-31-49)50-32-18-8-19-33-50)88-43-51-44-89-64-60(63(81)78(64)59(51)65(82)85-61(47-26-12-5-13-27-47)48-28-14-6-15-29-48)77(57(80)41-71-67(83)87-69(2,3)4)56-45-90-66(73-56)74-70(52-34-20-9-21-35-52,53-36-22-10-23-37-53)54-38-24-11-25-39-54/h5-40,42,45,60-62,64,75H,41,43-44H2,1-4H3,(H,71,83)(H,73,74)/t60-,64-/m1/s1. The fourth-order valence-electron chi connectivity index (χ4n) is 11.1. The Morgan fingerprint density at radius 2 is 1.19 bits per heavy atom. The van der Waals surface area contributed by atoms with Crippen LogP contribution in [0.15, 0.2) is 257 Å². The first-order chi connectivity index (χ1) is 43.7. The molecule has 8 aromatic rings. The Balaban J connectivity index is 0.873. The minimum atomic E-state index is -1.20. The number of benzene rings is 7. The van der Waals surface area contributed by atoms with Crippen LogP contribution in [0.4, 0.5) is 20.5 Å². The molecule has 1 fully saturated rings. The minimum absolute atomic E-state index is 0.0349. The predicted molar refractivity (Wildman–Crippen MR) is 351 cm³/mol. The van der Waals surface area contributed by atoms with Gasteiger partial charge in [0.2, 0.25) is 5.91 Å². The molecule has 17 nitrogen and oxygen atoms in total. The summed E-state index contributed by atoms with van der Waals surface area (Å²) in [5.74, 6) is -0.981. The number of hydrogen-bond donors (Lipinski definition) is 3. The Hall–Kier alpha value is -9.73. The molecule has 0 radical (unpaired) electrons. The zero-order chi connectivity index (χ0) is 62.4. The summed E-state index contributed by atoms with van der Waals surface area (Å²) in [6.07, 6.45) is 0.342. The maximum atomic E-state index is 15.6. The number of nitrogens with zero attached hydrogens (tertiary/aromatic N) is 6. The number of thioether (sulfide) groups is 2. The molecule has 0 spiro atoms. The summed E-state index contributed by atoms with van der Waals surface area (Å²) in [7, 11) is 0. The van der Waals surface area contributed by atoms with Gasteiger partial charge in [-0.1, -0.05) is 212 Å². The molecule has 4 aliphatic rings. The third-order valence-corrected chi connectivity index (χ3v) is 18.3. The second-order valence-electron chi connectivity index (χ2n) is 22.4. The van der Waals surface area contributed by atoms with Gasteiger partial charge in [-0.2, -0.15) is 5.01 Å². The number of thiazole rings is 1. The van der Waals surface area contributed by atoms with Gasteiger partial charge in [-0.15, -0.1) is 40.4 Å². The lowest BCUT2D eigenvalue weighted by Crippen LogP contribution is -2.72. The molecule has 5 heterocycles. The molecule has 90 heavy (non-hydrogen) atoms. The van der Waals surface area contributed by atoms with Crippen molar-refractivity contribution in [3.05, 3.63) is 291 Å². The summed E-state index contributed by atoms with van der Waals surface area (Å²) in [4.78, 5) is 86.1. The largest absolute Gasteiger partial charge is 0.448 e. The van der Waals surface area contributed by atoms with Crippen LogP contribution in [0.2, 0.25) is 0 Å². The van der Waals surface area contributed by atoms with Gasteiger partial charge in [0.25, 0.3) is 5.91 Å². The second-order valence-corrected chi connectivity index (χ2v) is 25.4. The van der Waals surface area contributed by atoms with Gasteiger partial charge in [0.15, 0.2) is 23.2 Å². The topological polar surface area (TPSA) is 187 Å². The summed E-state index contributed by atoms with van der Waals surface area (Å²) in [6.45, 7) is 6.46. The number of β-lactam (4-membered cyclic amide) rings is 1. The molecule has 0 aliphatic carbocycles. The zero-order valence-corrected chi connectivity index (χ0v) is 52.0. The summed E-state index contributed by atoms with van der Waals surface area (Å²) in [6, 6.07) is 66.6. The van der Waals surface area contributed by atoms with Crippen molar-refractivity contribution < 1.29 is 38.2 Å². The molecule has 20 heteroatoms. The van der Waals surface area contributed by atoms with E-state index >= 15 is 14.4 Å². The fraction of sp³-hybridized carbons (Fsp3) is 0.186. The molecule has 4 amide bonds. The monoisotopic (exact) mass is 1250 g/mol. The highest BCUT2D eigenvalue weighted by atomic mass is 32.2. The van der Waals surface area contributed by atoms with Gasteiger partial charge >= 0.3 is 18.2 Å². The van der Waals surface area contributed by atoms with Gasteiger partial charge in [-0.3, -0.25) is 19.4 Å². The number of anilines is 2. The lowest BCUT2D eigenvalue weighted by atomic mass is 9.77. The molecule has 4 aliphatic heterocycles. The quantitative estimate of drug-likeness (QED) is 0.0300. The van der Waals surface area contributed by atoms with Crippen molar-refractivity contribution in [2.24, 2.45) is 4.99 Å². The van der Waals surface area contributed by atoms with Gasteiger partial charge < -0.3 is 24.8 Å². The summed E-state index contributed by atoms with van der Waals surface area (Å²) < 4.78 is 18.4. The molecular formula is C70H63N9O8S3. The van der Waals surface area contributed by atoms with Gasteiger partial charge in [-0.25, -0.2) is 29.4 Å². The van der Waals surface area contributed by atoms with E-state index in [1.165, 1.54) is 49.7 Å². The number of nitrogens with one attached hydrogen (secondary N) is 3. The van der Waals surface area contributed by atoms with Crippen LogP contribution in [-0.2, 0) is 34.1 Å². The molecule has 0 unspecified atom stereocenters. The number of aromatic nitrogens is 1. The van der Waals surface area contributed by atoms with Gasteiger partial charge in [0.1, 0.15) is 40.6 Å². The number of carbonyl (C=O) groups is 5. The van der Waals surface area contributed by atoms with Crippen LogP contribution in [0.25, 0.3) is 0 Å². The van der Waals surface area contributed by atoms with E-state index < -0.39 is 71.3 Å². The van der Waals surface area contributed by atoms with Gasteiger partial charge in [0, 0.05) is 22.6 Å². The van der Waals surface area contributed by atoms with Crippen molar-refractivity contribution in [1.82, 2.24) is 30.8 Å². The van der Waals surface area contributed by atoms with Gasteiger partial charge in [0.05, 0.1) is 11.2 Å². The smallest absolute Gasteiger partial charge is 0.431 e.